The van der Waals surface area contributed by atoms with Gasteiger partial charge >= 0.3 is 0 Å². The molecule has 0 spiro atoms. The highest BCUT2D eigenvalue weighted by molar-refractivity contribution is 6.38. The maximum atomic E-state index is 12.2. The van der Waals surface area contributed by atoms with Crippen LogP contribution in [0.1, 0.15) is 29.6 Å². The molecular formula is C13H10Cl2O3. The van der Waals surface area contributed by atoms with Gasteiger partial charge in [0, 0.05) is 23.4 Å². The maximum absolute atomic E-state index is 12.2. The Morgan fingerprint density at radius 1 is 1.11 bits per heavy atom. The number of ketones is 3. The van der Waals surface area contributed by atoms with Gasteiger partial charge in [0.2, 0.25) is 0 Å². The number of hydrogen-bond acceptors (Lipinski definition) is 3. The summed E-state index contributed by atoms with van der Waals surface area (Å²) in [7, 11) is 0. The zero-order chi connectivity index (χ0) is 13.3. The third-order valence-corrected chi connectivity index (χ3v) is 3.50. The first kappa shape index (κ1) is 13.2. The fourth-order valence-corrected chi connectivity index (χ4v) is 2.54. The molecule has 0 heterocycles. The second kappa shape index (κ2) is 5.21. The Labute approximate surface area is 114 Å². The molecule has 0 bridgehead atoms. The van der Waals surface area contributed by atoms with Crippen molar-refractivity contribution < 1.29 is 14.4 Å². The lowest BCUT2D eigenvalue weighted by Gasteiger charge is -2.18. The normalized spacial score (nSPS) is 17.0. The van der Waals surface area contributed by atoms with Crippen molar-refractivity contribution in [2.24, 2.45) is 5.92 Å². The summed E-state index contributed by atoms with van der Waals surface area (Å²) in [4.78, 5) is 35.6. The summed E-state index contributed by atoms with van der Waals surface area (Å²) < 4.78 is 0. The molecule has 2 rings (SSSR count). The molecule has 94 valence electrons. The molecule has 18 heavy (non-hydrogen) atoms. The van der Waals surface area contributed by atoms with Crippen molar-refractivity contribution in [2.75, 3.05) is 0 Å². The topological polar surface area (TPSA) is 51.2 Å². The van der Waals surface area contributed by atoms with Crippen LogP contribution in [-0.2, 0) is 9.59 Å². The van der Waals surface area contributed by atoms with E-state index in [0.717, 1.165) is 0 Å². The molecule has 1 fully saturated rings. The van der Waals surface area contributed by atoms with E-state index in [1.807, 2.05) is 0 Å². The highest BCUT2D eigenvalue weighted by Crippen LogP contribution is 2.27. The van der Waals surface area contributed by atoms with Crippen LogP contribution in [0.4, 0.5) is 0 Å². The van der Waals surface area contributed by atoms with Gasteiger partial charge in [0.1, 0.15) is 5.92 Å². The lowest BCUT2D eigenvalue weighted by atomic mass is 9.82. The third-order valence-electron chi connectivity index (χ3n) is 2.95. The number of benzene rings is 1. The van der Waals surface area contributed by atoms with E-state index < -0.39 is 11.7 Å². The summed E-state index contributed by atoms with van der Waals surface area (Å²) in [5.74, 6) is -2.34. The van der Waals surface area contributed by atoms with Gasteiger partial charge in [0.15, 0.2) is 17.3 Å². The first-order chi connectivity index (χ1) is 8.50. The number of carbonyl (C=O) groups excluding carboxylic acids is 3. The maximum Gasteiger partial charge on any atom is 0.182 e. The molecule has 1 aliphatic carbocycles. The van der Waals surface area contributed by atoms with Gasteiger partial charge in [-0.3, -0.25) is 14.4 Å². The molecule has 3 nitrogen and oxygen atoms in total. The highest BCUT2D eigenvalue weighted by Gasteiger charge is 2.37. The van der Waals surface area contributed by atoms with Crippen LogP contribution in [0.3, 0.4) is 0 Å². The SMILES string of the molecule is O=C1CCCC(=O)C1C(=O)c1ccc(Cl)cc1Cl. The summed E-state index contributed by atoms with van der Waals surface area (Å²) in [6.45, 7) is 0. The van der Waals surface area contributed by atoms with Gasteiger partial charge in [-0.25, -0.2) is 0 Å². The van der Waals surface area contributed by atoms with Gasteiger partial charge in [-0.1, -0.05) is 23.2 Å². The van der Waals surface area contributed by atoms with Crippen molar-refractivity contribution in [3.05, 3.63) is 33.8 Å². The predicted octanol–water partition coefficient (Wildman–Crippen LogP) is 3.11. The smallest absolute Gasteiger partial charge is 0.182 e. The fraction of sp³-hybridized carbons (Fsp3) is 0.308. The van der Waals surface area contributed by atoms with Crippen molar-refractivity contribution in [1.82, 2.24) is 0 Å². The van der Waals surface area contributed by atoms with Crippen LogP contribution >= 0.6 is 23.2 Å². The number of halogens is 2. The van der Waals surface area contributed by atoms with E-state index in [9.17, 15) is 14.4 Å². The summed E-state index contributed by atoms with van der Waals surface area (Å²) in [6.07, 6.45) is 1.07. The Kier molecular flexibility index (Phi) is 3.83. The number of hydrogen-bond donors (Lipinski definition) is 0. The lowest BCUT2D eigenvalue weighted by Crippen LogP contribution is -2.35. The summed E-state index contributed by atoms with van der Waals surface area (Å²) in [5.41, 5.74) is 0.176. The van der Waals surface area contributed by atoms with E-state index in [1.54, 1.807) is 0 Å². The minimum atomic E-state index is -1.18. The van der Waals surface area contributed by atoms with E-state index in [4.69, 9.17) is 23.2 Å². The minimum Gasteiger partial charge on any atom is -0.298 e. The van der Waals surface area contributed by atoms with Crippen molar-refractivity contribution >= 4 is 40.6 Å². The van der Waals surface area contributed by atoms with Crippen LogP contribution in [0.2, 0.25) is 10.0 Å². The molecule has 0 radical (unpaired) electrons. The average Bonchev–Trinajstić information content (AvgIpc) is 2.28. The van der Waals surface area contributed by atoms with Gasteiger partial charge in [-0.15, -0.1) is 0 Å². The molecule has 0 unspecified atom stereocenters. The van der Waals surface area contributed by atoms with Gasteiger partial charge in [-0.05, 0) is 24.6 Å². The van der Waals surface area contributed by atoms with Gasteiger partial charge in [0.25, 0.3) is 0 Å². The molecule has 0 amide bonds. The Morgan fingerprint density at radius 3 is 2.28 bits per heavy atom. The number of Topliss-reactive ketones (excluding diaryl/α,β-unsaturated/α-hetero) is 3. The van der Waals surface area contributed by atoms with Crippen LogP contribution < -0.4 is 0 Å². The molecule has 0 N–H and O–H groups in total. The van der Waals surface area contributed by atoms with Crippen molar-refractivity contribution in [3.8, 4) is 0 Å². The zero-order valence-electron chi connectivity index (χ0n) is 9.41. The van der Waals surface area contributed by atoms with Crippen molar-refractivity contribution in [3.63, 3.8) is 0 Å². The van der Waals surface area contributed by atoms with Crippen LogP contribution in [0.15, 0.2) is 18.2 Å². The van der Waals surface area contributed by atoms with Crippen molar-refractivity contribution in [2.45, 2.75) is 19.3 Å². The van der Waals surface area contributed by atoms with Crippen LogP contribution in [0, 0.1) is 5.92 Å². The van der Waals surface area contributed by atoms with Gasteiger partial charge in [0.05, 0.1) is 5.02 Å². The molecule has 0 saturated heterocycles. The first-order valence-corrected chi connectivity index (χ1v) is 6.31. The molecule has 1 aliphatic rings. The molecular weight excluding hydrogens is 275 g/mol. The van der Waals surface area contributed by atoms with E-state index in [-0.39, 0.29) is 35.0 Å². The molecule has 0 aromatic heterocycles. The van der Waals surface area contributed by atoms with E-state index >= 15 is 0 Å². The number of carbonyl (C=O) groups is 3. The molecule has 1 aromatic rings. The average molecular weight is 285 g/mol. The molecule has 0 atom stereocenters. The second-order valence-corrected chi connectivity index (χ2v) is 5.05. The Bertz CT molecular complexity index is 521. The Morgan fingerprint density at radius 2 is 1.72 bits per heavy atom. The van der Waals surface area contributed by atoms with Gasteiger partial charge in [-0.2, -0.15) is 0 Å². The predicted molar refractivity (Wildman–Crippen MR) is 68.1 cm³/mol. The quantitative estimate of drug-likeness (QED) is 0.619. The molecule has 0 aliphatic heterocycles. The second-order valence-electron chi connectivity index (χ2n) is 4.21. The summed E-state index contributed by atoms with van der Waals surface area (Å²) in [5, 5.41) is 0.566. The monoisotopic (exact) mass is 284 g/mol. The van der Waals surface area contributed by atoms with Crippen LogP contribution in [0.25, 0.3) is 0 Å². The van der Waals surface area contributed by atoms with Crippen LogP contribution in [-0.4, -0.2) is 17.3 Å². The Balaban J connectivity index is 2.35. The zero-order valence-corrected chi connectivity index (χ0v) is 10.9. The molecule has 1 aromatic carbocycles. The third kappa shape index (κ3) is 2.47. The largest absolute Gasteiger partial charge is 0.298 e. The van der Waals surface area contributed by atoms with Crippen LogP contribution in [0.5, 0.6) is 0 Å². The minimum absolute atomic E-state index is 0.165. The van der Waals surface area contributed by atoms with E-state index in [1.165, 1.54) is 18.2 Å². The number of rotatable bonds is 2. The van der Waals surface area contributed by atoms with Crippen molar-refractivity contribution in [1.29, 1.82) is 0 Å². The highest BCUT2D eigenvalue weighted by atomic mass is 35.5. The van der Waals surface area contributed by atoms with E-state index in [0.29, 0.717) is 11.4 Å². The first-order valence-electron chi connectivity index (χ1n) is 5.55. The summed E-state index contributed by atoms with van der Waals surface area (Å²) in [6, 6.07) is 4.38. The molecule has 5 heteroatoms. The molecule has 1 saturated carbocycles. The van der Waals surface area contributed by atoms with Gasteiger partial charge < -0.3 is 0 Å². The van der Waals surface area contributed by atoms with E-state index in [2.05, 4.69) is 0 Å². The Hall–Kier alpha value is -1.19. The fourth-order valence-electron chi connectivity index (χ4n) is 2.04. The summed E-state index contributed by atoms with van der Waals surface area (Å²) >= 11 is 11.6. The standard InChI is InChI=1S/C13H10Cl2O3/c14-7-4-5-8(9(15)6-7)13(18)12-10(16)2-1-3-11(12)17/h4-6,12H,1-3H2. The lowest BCUT2D eigenvalue weighted by molar-refractivity contribution is -0.133.